The van der Waals surface area contributed by atoms with E-state index in [0.717, 1.165) is 56.7 Å². The summed E-state index contributed by atoms with van der Waals surface area (Å²) >= 11 is 4.24. The standard InChI is InChI=1S/C58H53N13O20S5/c1-18(45(59)77)60-46(78)27-15-95-54(65-27)37-32(91-58-42(75)41(74)40(73)21(4)90-58)9-23-36(67-37)26-13-93-52(62-26)25-12-89-56(83)39-24-11-87-44(43(76)57(84)88-10-22-7-6-8-31(33(22)24)71(39)85)38(55-66-28(16-96-55)47(79)61-25)70-49(81)30-17-94-53(64-30)35(20(3)86-5)69-50(82)34(19(2)72)68-48(80)29-14-92-51(23)63-29/h6-9,13-17,19,21,25,34,38,40-44,58,72-76,85H,1,10-12H2,2-5H3,(H2,59,77)(H,60,78)(H,61,79)(H,68,80)(H,69,82)(H,70,81). The molecule has 4 aliphatic heterocycles. The molecule has 0 saturated carbocycles. The van der Waals surface area contributed by atoms with Crippen LogP contribution in [0.15, 0.2) is 69.2 Å². The van der Waals surface area contributed by atoms with Gasteiger partial charge in [0.05, 0.1) is 37.1 Å². The number of nitrogens with one attached hydrogen (secondary N) is 5. The second-order valence-electron chi connectivity index (χ2n) is 21.8. The topological polar surface area (TPSA) is 482 Å². The molecule has 1 fully saturated rings. The molecular formula is C58H53N13O20S5. The Bertz CT molecular complexity index is 4530. The van der Waals surface area contributed by atoms with Gasteiger partial charge in [0.25, 0.3) is 29.5 Å². The zero-order chi connectivity index (χ0) is 68.3. The number of aliphatic hydroxyl groups excluding tert-OH is 5. The highest BCUT2D eigenvalue weighted by Crippen LogP contribution is 2.44. The lowest BCUT2D eigenvalue weighted by Crippen LogP contribution is -2.58. The van der Waals surface area contributed by atoms with Crippen molar-refractivity contribution in [2.24, 2.45) is 5.73 Å². The van der Waals surface area contributed by atoms with E-state index >= 15 is 0 Å². The molecule has 7 aromatic heterocycles. The number of pyridine rings is 1. The number of methoxy groups -OCH3 is 1. The number of fused-ring (bicyclic) bond motifs is 15. The Kier molecular flexibility index (Phi) is 18.6. The maximum atomic E-state index is 14.8. The molecule has 8 aromatic rings. The van der Waals surface area contributed by atoms with Crippen LogP contribution in [0.3, 0.4) is 0 Å². The largest absolute Gasteiger partial charge is 0.499 e. The number of hydrogen-bond acceptors (Lipinski definition) is 31. The van der Waals surface area contributed by atoms with Crippen LogP contribution >= 0.6 is 56.7 Å². The number of rotatable bonds is 8. The van der Waals surface area contributed by atoms with E-state index in [4.69, 9.17) is 44.1 Å². The number of hydrogen-bond donors (Lipinski definition) is 12. The first-order chi connectivity index (χ1) is 45.9. The van der Waals surface area contributed by atoms with Gasteiger partial charge in [-0.25, -0.2) is 39.5 Å². The molecule has 6 amide bonds. The minimum atomic E-state index is -2.23. The van der Waals surface area contributed by atoms with Crippen molar-refractivity contribution in [3.63, 3.8) is 0 Å². The number of carbonyl (C=O) groups is 8. The van der Waals surface area contributed by atoms with E-state index in [9.17, 15) is 69.1 Å². The molecule has 1 aromatic carbocycles. The Balaban J connectivity index is 1.06. The van der Waals surface area contributed by atoms with Crippen LogP contribution < -0.4 is 37.1 Å². The van der Waals surface area contributed by atoms with Crippen LogP contribution in [0, 0.1) is 0 Å². The smallest absolute Gasteiger partial charge is 0.358 e. The second kappa shape index (κ2) is 26.9. The van der Waals surface area contributed by atoms with Crippen molar-refractivity contribution in [3.8, 4) is 38.4 Å². The number of allylic oxidation sites excluding steroid dienone is 1. The summed E-state index contributed by atoms with van der Waals surface area (Å²) in [5.74, 6) is -8.53. The third-order valence-corrected chi connectivity index (χ3v) is 20.0. The number of carbonyl (C=O) groups excluding carboxylic acids is 8. The van der Waals surface area contributed by atoms with Gasteiger partial charge < -0.3 is 91.5 Å². The lowest BCUT2D eigenvalue weighted by atomic mass is 10.00. The van der Waals surface area contributed by atoms with Gasteiger partial charge in [-0.3, -0.25) is 28.8 Å². The van der Waals surface area contributed by atoms with Crippen molar-refractivity contribution >= 4 is 121 Å². The number of thiazole rings is 5. The van der Waals surface area contributed by atoms with Gasteiger partial charge in [0.1, 0.15) is 132 Å². The van der Waals surface area contributed by atoms with Crippen molar-refractivity contribution in [1.29, 1.82) is 0 Å². The fraction of sp³-hybridized carbons (Fsp3) is 0.310. The van der Waals surface area contributed by atoms with Crippen molar-refractivity contribution in [1.82, 2.24) is 61.2 Å². The molecule has 11 heterocycles. The summed E-state index contributed by atoms with van der Waals surface area (Å²) in [4.78, 5) is 140. The number of aromatic nitrogens is 7. The molecule has 38 heteroatoms. The summed E-state index contributed by atoms with van der Waals surface area (Å²) in [5.41, 5.74) is 2.96. The van der Waals surface area contributed by atoms with E-state index in [0.29, 0.717) is 4.73 Å². The molecule has 11 unspecified atom stereocenters. The molecule has 1 saturated heterocycles. The number of ether oxygens (including phenoxy) is 6. The van der Waals surface area contributed by atoms with Crippen molar-refractivity contribution in [2.75, 3.05) is 13.7 Å². The van der Waals surface area contributed by atoms with Gasteiger partial charge in [0, 0.05) is 43.4 Å². The van der Waals surface area contributed by atoms with Crippen LogP contribution in [-0.4, -0.2) is 182 Å². The molecule has 13 N–H and O–H groups in total. The average Bonchev–Trinajstić information content (AvgIpc) is 1.58. The molecule has 11 atom stereocenters. The monoisotopic (exact) mass is 1410 g/mol. The van der Waals surface area contributed by atoms with Crippen molar-refractivity contribution < 1.29 is 97.5 Å². The lowest BCUT2D eigenvalue weighted by molar-refractivity contribution is -0.268. The van der Waals surface area contributed by atoms with Crippen molar-refractivity contribution in [3.05, 3.63) is 124 Å². The van der Waals surface area contributed by atoms with Gasteiger partial charge in [-0.2, -0.15) is 4.73 Å². The first-order valence-electron chi connectivity index (χ1n) is 28.5. The quantitative estimate of drug-likeness (QED) is 0.0444. The number of primary amides is 1. The fourth-order valence-electron chi connectivity index (χ4n) is 10.4. The van der Waals surface area contributed by atoms with E-state index < -0.39 is 146 Å². The number of esters is 2. The molecule has 0 aliphatic carbocycles. The first-order valence-corrected chi connectivity index (χ1v) is 32.9. The van der Waals surface area contributed by atoms with E-state index in [1.54, 1.807) is 6.07 Å². The predicted molar refractivity (Wildman–Crippen MR) is 335 cm³/mol. The minimum Gasteiger partial charge on any atom is -0.499 e. The van der Waals surface area contributed by atoms with E-state index in [1.165, 1.54) is 73.0 Å². The SMILES string of the molecule is C=C(NC(=O)c1csc(-c2nc3c(cc2OC2OC(C)C(O)C(O)C2O)-c2nc(cs2)C(=O)NC(C(C)O)C(=O)NC(=C(C)OC)c2nc(cs2)C(=O)NC2c4nc(cs4)C(=O)NC(COC(=O)c4c5c6c(cccc6n4O)COC(=O)C(O)C2OC5)c2nc-3cs2)n1)C(N)=O. The maximum Gasteiger partial charge on any atom is 0.358 e. The number of cyclic esters (lactones) is 2. The average molecular weight is 1410 g/mol. The summed E-state index contributed by atoms with van der Waals surface area (Å²) < 4.78 is 36.2. The molecule has 0 radical (unpaired) electrons. The summed E-state index contributed by atoms with van der Waals surface area (Å²) in [6.45, 7) is 5.66. The number of aliphatic hydroxyl groups is 5. The fourth-order valence-corrected chi connectivity index (χ4v) is 14.6. The van der Waals surface area contributed by atoms with Crippen LogP contribution in [0.5, 0.6) is 5.75 Å². The Labute approximate surface area is 559 Å². The van der Waals surface area contributed by atoms with E-state index in [1.807, 2.05) is 0 Å². The van der Waals surface area contributed by atoms with Crippen LogP contribution in [0.2, 0.25) is 0 Å². The predicted octanol–water partition coefficient (Wildman–Crippen LogP) is 1.55. The van der Waals surface area contributed by atoms with Gasteiger partial charge in [0.15, 0.2) is 17.5 Å². The van der Waals surface area contributed by atoms with Gasteiger partial charge in [-0.1, -0.05) is 18.7 Å². The number of amides is 6. The van der Waals surface area contributed by atoms with Gasteiger partial charge in [-0.15, -0.1) is 56.7 Å². The van der Waals surface area contributed by atoms with E-state index in [-0.39, 0.29) is 110 Å². The normalized spacial score (nSPS) is 24.2. The number of benzene rings is 1. The Morgan fingerprint density at radius 3 is 2.20 bits per heavy atom. The lowest BCUT2D eigenvalue weighted by Gasteiger charge is -2.39. The Morgan fingerprint density at radius 2 is 1.46 bits per heavy atom. The summed E-state index contributed by atoms with van der Waals surface area (Å²) in [6, 6.07) is 1.04. The van der Waals surface area contributed by atoms with Crippen molar-refractivity contribution in [2.45, 2.75) is 101 Å². The number of nitrogens with zero attached hydrogens (tertiary/aromatic N) is 7. The molecule has 500 valence electrons. The summed E-state index contributed by atoms with van der Waals surface area (Å²) in [6.07, 6.45) is -13.9. The second-order valence-corrected chi connectivity index (χ2v) is 26.1. The van der Waals surface area contributed by atoms with Crippen LogP contribution in [0.1, 0.15) is 111 Å². The summed E-state index contributed by atoms with van der Waals surface area (Å²) in [7, 11) is 1.28. The van der Waals surface area contributed by atoms with Crippen LogP contribution in [0.25, 0.3) is 49.3 Å². The summed E-state index contributed by atoms with van der Waals surface area (Å²) in [5, 5.41) is 87.4. The molecule has 12 rings (SSSR count). The number of nitrogens with two attached hydrogens (primary N) is 1. The van der Waals surface area contributed by atoms with Gasteiger partial charge >= 0.3 is 11.9 Å². The third kappa shape index (κ3) is 12.8. The highest BCUT2D eigenvalue weighted by Gasteiger charge is 2.45. The highest BCUT2D eigenvalue weighted by molar-refractivity contribution is 7.14. The molecular weight excluding hydrogens is 1360 g/mol. The van der Waals surface area contributed by atoms with Gasteiger partial charge in [0.2, 0.25) is 12.2 Å². The first kappa shape index (κ1) is 66.4. The Hall–Kier alpha value is -9.58. The van der Waals surface area contributed by atoms with Gasteiger partial charge in [-0.05, 0) is 38.5 Å². The van der Waals surface area contributed by atoms with E-state index in [2.05, 4.69) is 53.1 Å². The molecule has 96 heavy (non-hydrogen) atoms. The van der Waals surface area contributed by atoms with Crippen LogP contribution in [-0.2, 0) is 51.3 Å². The molecule has 33 nitrogen and oxygen atoms in total. The maximum absolute atomic E-state index is 14.8. The zero-order valence-corrected chi connectivity index (χ0v) is 54.1. The zero-order valence-electron chi connectivity index (χ0n) is 50.0. The molecule has 0 spiro atoms. The minimum absolute atomic E-state index is 0.00156. The molecule has 4 aliphatic rings. The third-order valence-electron chi connectivity index (χ3n) is 15.5. The molecule has 12 bridgehead atoms. The Morgan fingerprint density at radius 1 is 0.792 bits per heavy atom. The highest BCUT2D eigenvalue weighted by atomic mass is 32.1. The van der Waals surface area contributed by atoms with Crippen LogP contribution in [0.4, 0.5) is 0 Å².